The SMILES string of the molecule is NC1NC=C[N+]1(I)c1ccccc1. The van der Waals surface area contributed by atoms with Gasteiger partial charge in [-0.25, -0.2) is 0 Å². The lowest BCUT2D eigenvalue weighted by molar-refractivity contribution is 0.470. The summed E-state index contributed by atoms with van der Waals surface area (Å²) in [4.78, 5) is 0. The zero-order valence-corrected chi connectivity index (χ0v) is 9.18. The summed E-state index contributed by atoms with van der Waals surface area (Å²) in [5, 5.41) is 3.07. The Labute approximate surface area is 91.3 Å². The Kier molecular flexibility index (Phi) is 2.27. The van der Waals surface area contributed by atoms with Gasteiger partial charge in [-0.15, -0.1) is 0 Å². The van der Waals surface area contributed by atoms with E-state index in [4.69, 9.17) is 5.73 Å². The standard InChI is InChI=1S/C9H11IN3/c10-13(7-6-12-9(13)11)8-4-2-1-3-5-8/h1-7,9,12H,11H2/q+1. The van der Waals surface area contributed by atoms with Crippen molar-refractivity contribution in [2.75, 3.05) is 0 Å². The Bertz CT molecular complexity index is 325. The van der Waals surface area contributed by atoms with Crippen molar-refractivity contribution >= 4 is 28.6 Å². The minimum absolute atomic E-state index is 0.0944. The molecule has 1 aliphatic heterocycles. The van der Waals surface area contributed by atoms with Crippen LogP contribution in [-0.2, 0) is 0 Å². The molecule has 0 saturated heterocycles. The summed E-state index contributed by atoms with van der Waals surface area (Å²) < 4.78 is 0.582. The third-order valence-electron chi connectivity index (χ3n) is 2.12. The molecule has 0 fully saturated rings. The highest BCUT2D eigenvalue weighted by Gasteiger charge is 2.36. The third kappa shape index (κ3) is 1.45. The van der Waals surface area contributed by atoms with E-state index in [1.54, 1.807) is 0 Å². The summed E-state index contributed by atoms with van der Waals surface area (Å²) in [5.74, 6) is 0. The number of rotatable bonds is 1. The predicted molar refractivity (Wildman–Crippen MR) is 62.5 cm³/mol. The van der Waals surface area contributed by atoms with Crippen LogP contribution >= 0.6 is 22.9 Å². The highest BCUT2D eigenvalue weighted by Crippen LogP contribution is 2.32. The monoisotopic (exact) mass is 288 g/mol. The van der Waals surface area contributed by atoms with Crippen LogP contribution in [0, 0.1) is 0 Å². The van der Waals surface area contributed by atoms with Gasteiger partial charge in [0.05, 0.1) is 6.20 Å². The average molecular weight is 288 g/mol. The summed E-state index contributed by atoms with van der Waals surface area (Å²) in [6, 6.07) is 10.2. The zero-order valence-electron chi connectivity index (χ0n) is 7.02. The summed E-state index contributed by atoms with van der Waals surface area (Å²) in [6.07, 6.45) is 3.84. The first-order valence-corrected chi connectivity index (χ1v) is 5.03. The van der Waals surface area contributed by atoms with Crippen molar-refractivity contribution in [2.45, 2.75) is 6.29 Å². The van der Waals surface area contributed by atoms with Crippen LogP contribution < -0.4 is 13.7 Å². The molecule has 1 aromatic rings. The molecule has 1 aliphatic rings. The van der Waals surface area contributed by atoms with Gasteiger partial charge >= 0.3 is 0 Å². The molecule has 3 nitrogen and oxygen atoms in total. The fourth-order valence-corrected chi connectivity index (χ4v) is 2.00. The largest absolute Gasteiger partial charge is 0.324 e. The van der Waals surface area contributed by atoms with Crippen LogP contribution in [0.2, 0.25) is 0 Å². The average Bonchev–Trinajstić information content (AvgIpc) is 2.50. The molecule has 13 heavy (non-hydrogen) atoms. The lowest BCUT2D eigenvalue weighted by Gasteiger charge is -2.26. The molecular weight excluding hydrogens is 277 g/mol. The van der Waals surface area contributed by atoms with Gasteiger partial charge in [-0.1, -0.05) is 18.2 Å². The highest BCUT2D eigenvalue weighted by molar-refractivity contribution is 14.1. The van der Waals surface area contributed by atoms with Crippen molar-refractivity contribution in [3.05, 3.63) is 42.7 Å². The van der Waals surface area contributed by atoms with Crippen LogP contribution in [0.25, 0.3) is 0 Å². The van der Waals surface area contributed by atoms with Gasteiger partial charge < -0.3 is 5.32 Å². The number of hydrogen-bond acceptors (Lipinski definition) is 2. The maximum atomic E-state index is 5.94. The first-order chi connectivity index (χ1) is 6.23. The second kappa shape index (κ2) is 3.28. The Morgan fingerprint density at radius 2 is 2.00 bits per heavy atom. The molecule has 2 atom stereocenters. The third-order valence-corrected chi connectivity index (χ3v) is 3.59. The summed E-state index contributed by atoms with van der Waals surface area (Å²) in [6.45, 7) is 0. The molecular formula is C9H11IN3+. The van der Waals surface area contributed by atoms with E-state index in [0.717, 1.165) is 0 Å². The zero-order chi connectivity index (χ0) is 9.31. The van der Waals surface area contributed by atoms with E-state index < -0.39 is 0 Å². The number of benzene rings is 1. The van der Waals surface area contributed by atoms with Crippen molar-refractivity contribution in [1.29, 1.82) is 0 Å². The molecule has 2 unspecified atom stereocenters. The number of nitrogens with zero attached hydrogens (tertiary/aromatic N) is 1. The van der Waals surface area contributed by atoms with Crippen LogP contribution in [0.4, 0.5) is 5.69 Å². The Morgan fingerprint density at radius 1 is 1.31 bits per heavy atom. The Morgan fingerprint density at radius 3 is 2.54 bits per heavy atom. The van der Waals surface area contributed by atoms with Gasteiger partial charge in [0.2, 0.25) is 6.29 Å². The van der Waals surface area contributed by atoms with Gasteiger partial charge in [0.25, 0.3) is 22.9 Å². The Balaban J connectivity index is 2.40. The maximum Gasteiger partial charge on any atom is 0.263 e. The normalized spacial score (nSPS) is 31.7. The molecule has 0 spiro atoms. The first kappa shape index (κ1) is 8.98. The predicted octanol–water partition coefficient (Wildman–Crippen LogP) is 1.66. The molecule has 0 aliphatic carbocycles. The van der Waals surface area contributed by atoms with E-state index in [9.17, 15) is 0 Å². The number of nitrogens with one attached hydrogen (secondary N) is 1. The Hall–Kier alpha value is -0.590. The van der Waals surface area contributed by atoms with Crippen LogP contribution in [0.3, 0.4) is 0 Å². The fourth-order valence-electron chi connectivity index (χ4n) is 1.35. The van der Waals surface area contributed by atoms with Gasteiger partial charge in [-0.05, 0) is 0 Å². The van der Waals surface area contributed by atoms with E-state index in [2.05, 4.69) is 40.3 Å². The van der Waals surface area contributed by atoms with Gasteiger partial charge in [0.15, 0.2) is 0 Å². The topological polar surface area (TPSA) is 38.0 Å². The number of halogens is 1. The van der Waals surface area contributed by atoms with Crippen molar-refractivity contribution in [2.24, 2.45) is 5.73 Å². The molecule has 0 radical (unpaired) electrons. The van der Waals surface area contributed by atoms with Crippen molar-refractivity contribution < 1.29 is 0 Å². The second-order valence-electron chi connectivity index (χ2n) is 2.95. The molecule has 2 rings (SSSR count). The van der Waals surface area contributed by atoms with Crippen molar-refractivity contribution in [1.82, 2.24) is 8.01 Å². The summed E-state index contributed by atoms with van der Waals surface area (Å²) in [7, 11) is 0. The number of para-hydroxylation sites is 1. The van der Waals surface area contributed by atoms with Crippen molar-refractivity contribution in [3.8, 4) is 0 Å². The lowest BCUT2D eigenvalue weighted by Crippen LogP contribution is -2.52. The number of hydrogen-bond donors (Lipinski definition) is 2. The van der Waals surface area contributed by atoms with E-state index >= 15 is 0 Å². The van der Waals surface area contributed by atoms with Gasteiger partial charge in [-0.2, -0.15) is 2.70 Å². The van der Waals surface area contributed by atoms with Crippen LogP contribution in [0.1, 0.15) is 0 Å². The maximum absolute atomic E-state index is 5.94. The van der Waals surface area contributed by atoms with Crippen LogP contribution in [-0.4, -0.2) is 6.29 Å². The van der Waals surface area contributed by atoms with Gasteiger partial charge in [0.1, 0.15) is 11.9 Å². The van der Waals surface area contributed by atoms with Gasteiger partial charge in [-0.3, -0.25) is 5.73 Å². The van der Waals surface area contributed by atoms with E-state index in [0.29, 0.717) is 2.70 Å². The van der Waals surface area contributed by atoms with E-state index in [1.165, 1.54) is 5.69 Å². The van der Waals surface area contributed by atoms with E-state index in [-0.39, 0.29) is 6.29 Å². The second-order valence-corrected chi connectivity index (χ2v) is 4.55. The molecule has 4 heteroatoms. The minimum atomic E-state index is -0.0944. The van der Waals surface area contributed by atoms with E-state index in [1.807, 2.05) is 30.6 Å². The highest BCUT2D eigenvalue weighted by atomic mass is 127. The van der Waals surface area contributed by atoms with Crippen LogP contribution in [0.5, 0.6) is 0 Å². The summed E-state index contributed by atoms with van der Waals surface area (Å²) in [5.41, 5.74) is 7.11. The smallest absolute Gasteiger partial charge is 0.263 e. The molecule has 1 heterocycles. The first-order valence-electron chi connectivity index (χ1n) is 4.06. The fraction of sp³-hybridized carbons (Fsp3) is 0.111. The molecule has 0 aromatic heterocycles. The van der Waals surface area contributed by atoms with Crippen LogP contribution in [0.15, 0.2) is 42.7 Å². The molecule has 0 bridgehead atoms. The number of nitrogens with two attached hydrogens (primary N) is 1. The van der Waals surface area contributed by atoms with Gasteiger partial charge in [0, 0.05) is 12.1 Å². The quantitative estimate of drug-likeness (QED) is 0.609. The lowest BCUT2D eigenvalue weighted by atomic mass is 10.3. The molecule has 68 valence electrons. The molecule has 3 N–H and O–H groups in total. The number of quaternary nitrogens is 1. The molecule has 1 aromatic carbocycles. The van der Waals surface area contributed by atoms with Crippen molar-refractivity contribution in [3.63, 3.8) is 0 Å². The molecule has 0 amide bonds. The molecule has 0 saturated carbocycles. The summed E-state index contributed by atoms with van der Waals surface area (Å²) >= 11 is 2.32. The minimum Gasteiger partial charge on any atom is -0.324 e.